The van der Waals surface area contributed by atoms with Crippen LogP contribution in [0.2, 0.25) is 0 Å². The fourth-order valence-corrected chi connectivity index (χ4v) is 5.38. The van der Waals surface area contributed by atoms with Gasteiger partial charge in [0.1, 0.15) is 16.2 Å². The maximum Gasteiger partial charge on any atom is 0.350 e. The summed E-state index contributed by atoms with van der Waals surface area (Å²) < 4.78 is 16.8. The quantitative estimate of drug-likeness (QED) is 0.340. The Balaban J connectivity index is 1.77. The van der Waals surface area contributed by atoms with Crippen molar-refractivity contribution in [2.45, 2.75) is 13.0 Å². The highest BCUT2D eigenvalue weighted by atomic mass is 79.9. The van der Waals surface area contributed by atoms with Gasteiger partial charge in [-0.1, -0.05) is 39.4 Å². The van der Waals surface area contributed by atoms with Gasteiger partial charge in [0.25, 0.3) is 5.91 Å². The number of hydrogen-bond acceptors (Lipinski definition) is 8. The summed E-state index contributed by atoms with van der Waals surface area (Å²) in [7, 11) is 2.84. The van der Waals surface area contributed by atoms with Crippen LogP contribution in [-0.2, 0) is 4.74 Å². The second-order valence-corrected chi connectivity index (χ2v) is 9.46. The average molecular weight is 541 g/mol. The van der Waals surface area contributed by atoms with Crippen LogP contribution in [0.1, 0.15) is 43.1 Å². The number of aromatic nitrogens is 1. The van der Waals surface area contributed by atoms with Crippen molar-refractivity contribution in [2.75, 3.05) is 19.1 Å². The molecule has 0 spiro atoms. The number of amides is 1. The molecule has 10 heteroatoms. The van der Waals surface area contributed by atoms with E-state index in [9.17, 15) is 14.4 Å². The van der Waals surface area contributed by atoms with Crippen molar-refractivity contribution in [2.24, 2.45) is 0 Å². The van der Waals surface area contributed by atoms with Crippen LogP contribution in [0.15, 0.2) is 56.1 Å². The normalized spacial score (nSPS) is 15.0. The van der Waals surface area contributed by atoms with Gasteiger partial charge in [-0.3, -0.25) is 14.5 Å². The Kier molecular flexibility index (Phi) is 5.49. The van der Waals surface area contributed by atoms with Gasteiger partial charge in [0.2, 0.25) is 5.76 Å². The lowest BCUT2D eigenvalue weighted by Crippen LogP contribution is -2.29. The molecule has 0 saturated carbocycles. The molecular weight excluding hydrogens is 524 g/mol. The summed E-state index contributed by atoms with van der Waals surface area (Å²) in [6, 6.07) is 11.3. The minimum absolute atomic E-state index is 0.0480. The second-order valence-electron chi connectivity index (χ2n) is 7.57. The Bertz CT molecular complexity index is 1530. The third-order valence-electron chi connectivity index (χ3n) is 5.63. The number of rotatable bonds is 4. The van der Waals surface area contributed by atoms with E-state index in [1.807, 2.05) is 0 Å². The van der Waals surface area contributed by atoms with Crippen molar-refractivity contribution in [1.29, 1.82) is 0 Å². The summed E-state index contributed by atoms with van der Waals surface area (Å²) in [6.07, 6.45) is 0. The predicted octanol–water partition coefficient (Wildman–Crippen LogP) is 4.87. The molecule has 1 aliphatic heterocycles. The average Bonchev–Trinajstić information content (AvgIpc) is 3.36. The number of methoxy groups -OCH3 is 2. The highest BCUT2D eigenvalue weighted by Gasteiger charge is 2.45. The van der Waals surface area contributed by atoms with Crippen LogP contribution in [0, 0.1) is 6.92 Å². The monoisotopic (exact) mass is 540 g/mol. The van der Waals surface area contributed by atoms with E-state index in [1.54, 1.807) is 56.5 Å². The van der Waals surface area contributed by atoms with Crippen molar-refractivity contribution in [3.8, 4) is 5.75 Å². The Morgan fingerprint density at radius 1 is 1.15 bits per heavy atom. The van der Waals surface area contributed by atoms with Gasteiger partial charge in [-0.05, 0) is 42.8 Å². The van der Waals surface area contributed by atoms with Crippen LogP contribution in [0.25, 0.3) is 11.0 Å². The van der Waals surface area contributed by atoms with Crippen molar-refractivity contribution in [3.05, 3.63) is 84.6 Å². The van der Waals surface area contributed by atoms with E-state index >= 15 is 0 Å². The number of nitrogens with zero attached hydrogens (tertiary/aromatic N) is 2. The molecule has 0 radical (unpaired) electrons. The highest BCUT2D eigenvalue weighted by molar-refractivity contribution is 9.10. The maximum atomic E-state index is 13.7. The molecule has 8 nitrogen and oxygen atoms in total. The molecule has 1 amide bonds. The molecule has 0 saturated heterocycles. The molecule has 0 aliphatic carbocycles. The zero-order valence-electron chi connectivity index (χ0n) is 18.2. The zero-order valence-corrected chi connectivity index (χ0v) is 20.7. The summed E-state index contributed by atoms with van der Waals surface area (Å²) in [5.74, 6) is -0.473. The molecule has 0 N–H and O–H groups in total. The first kappa shape index (κ1) is 22.3. The van der Waals surface area contributed by atoms with E-state index in [1.165, 1.54) is 12.0 Å². The second kappa shape index (κ2) is 8.37. The SMILES string of the molecule is COC(=O)c1sc(N2C(=O)c3oc4ccc(Br)cc4c(=O)c3C2c2ccc(OC)cc2)nc1C. The maximum absolute atomic E-state index is 13.7. The largest absolute Gasteiger partial charge is 0.497 e. The molecule has 2 aromatic carbocycles. The predicted molar refractivity (Wildman–Crippen MR) is 130 cm³/mol. The van der Waals surface area contributed by atoms with Gasteiger partial charge in [-0.25, -0.2) is 9.78 Å². The van der Waals surface area contributed by atoms with Crippen LogP contribution in [-0.4, -0.2) is 31.1 Å². The third-order valence-corrected chi connectivity index (χ3v) is 7.26. The minimum atomic E-state index is -0.802. The molecule has 5 rings (SSSR count). The number of carbonyl (C=O) groups excluding carboxylic acids is 2. The van der Waals surface area contributed by atoms with Gasteiger partial charge in [-0.15, -0.1) is 0 Å². The van der Waals surface area contributed by atoms with Gasteiger partial charge in [0.05, 0.1) is 36.9 Å². The van der Waals surface area contributed by atoms with Crippen molar-refractivity contribution < 1.29 is 23.5 Å². The molecule has 1 aliphatic rings. The number of anilines is 1. The van der Waals surface area contributed by atoms with Gasteiger partial charge < -0.3 is 13.9 Å². The molecule has 0 fully saturated rings. The Hall–Kier alpha value is -3.50. The van der Waals surface area contributed by atoms with Crippen molar-refractivity contribution >= 4 is 55.2 Å². The van der Waals surface area contributed by atoms with Crippen molar-refractivity contribution in [1.82, 2.24) is 4.98 Å². The number of hydrogen-bond donors (Lipinski definition) is 0. The number of carbonyl (C=O) groups is 2. The van der Waals surface area contributed by atoms with Gasteiger partial charge >= 0.3 is 5.97 Å². The fraction of sp³-hybridized carbons (Fsp3) is 0.167. The molecule has 1 unspecified atom stereocenters. The fourth-order valence-electron chi connectivity index (χ4n) is 4.01. The standard InChI is InChI=1S/C24H17BrN2O6S/c1-11-21(23(30)32-3)34-24(26-11)27-18(12-4-7-14(31-2)8-5-12)17-19(28)15-10-13(25)6-9-16(15)33-20(17)22(27)29/h4-10,18H,1-3H3. The topological polar surface area (TPSA) is 98.9 Å². The van der Waals surface area contributed by atoms with E-state index in [-0.39, 0.29) is 26.8 Å². The summed E-state index contributed by atoms with van der Waals surface area (Å²) >= 11 is 4.42. The first-order valence-corrected chi connectivity index (χ1v) is 11.7. The van der Waals surface area contributed by atoms with Crippen LogP contribution in [0.3, 0.4) is 0 Å². The number of halogens is 1. The number of benzene rings is 2. The van der Waals surface area contributed by atoms with Crippen LogP contribution < -0.4 is 15.1 Å². The van der Waals surface area contributed by atoms with E-state index in [2.05, 4.69) is 20.9 Å². The summed E-state index contributed by atoms with van der Waals surface area (Å²) in [5.41, 5.74) is 1.31. The zero-order chi connectivity index (χ0) is 24.1. The molecular formula is C24H17BrN2O6S. The smallest absolute Gasteiger partial charge is 0.350 e. The Morgan fingerprint density at radius 3 is 2.56 bits per heavy atom. The number of aryl methyl sites for hydroxylation is 1. The third kappa shape index (κ3) is 3.41. The van der Waals surface area contributed by atoms with E-state index in [0.29, 0.717) is 32.4 Å². The Labute approximate surface area is 205 Å². The van der Waals surface area contributed by atoms with Crippen LogP contribution in [0.4, 0.5) is 5.13 Å². The molecule has 4 aromatic rings. The van der Waals surface area contributed by atoms with Crippen molar-refractivity contribution in [3.63, 3.8) is 0 Å². The lowest BCUT2D eigenvalue weighted by atomic mass is 9.98. The van der Waals surface area contributed by atoms with Crippen LogP contribution >= 0.6 is 27.3 Å². The molecule has 34 heavy (non-hydrogen) atoms. The van der Waals surface area contributed by atoms with Gasteiger partial charge in [-0.2, -0.15) is 0 Å². The molecule has 2 aromatic heterocycles. The Morgan fingerprint density at radius 2 is 1.88 bits per heavy atom. The first-order chi connectivity index (χ1) is 16.3. The van der Waals surface area contributed by atoms with Crippen LogP contribution in [0.5, 0.6) is 5.75 Å². The lowest BCUT2D eigenvalue weighted by Gasteiger charge is -2.22. The molecule has 0 bridgehead atoms. The first-order valence-electron chi connectivity index (χ1n) is 10.1. The van der Waals surface area contributed by atoms with E-state index in [0.717, 1.165) is 11.3 Å². The molecule has 3 heterocycles. The molecule has 1 atom stereocenters. The minimum Gasteiger partial charge on any atom is -0.497 e. The summed E-state index contributed by atoms with van der Waals surface area (Å²) in [4.78, 5) is 45.6. The number of ether oxygens (including phenoxy) is 2. The number of thiazole rings is 1. The molecule has 172 valence electrons. The summed E-state index contributed by atoms with van der Waals surface area (Å²) in [6.45, 7) is 1.66. The van der Waals surface area contributed by atoms with Gasteiger partial charge in [0, 0.05) is 4.47 Å². The van der Waals surface area contributed by atoms with Gasteiger partial charge in [0.15, 0.2) is 10.6 Å². The lowest BCUT2D eigenvalue weighted by molar-refractivity contribution is 0.0605. The highest BCUT2D eigenvalue weighted by Crippen LogP contribution is 2.43. The summed E-state index contributed by atoms with van der Waals surface area (Å²) in [5, 5.41) is 0.617. The van der Waals surface area contributed by atoms with E-state index in [4.69, 9.17) is 13.9 Å². The number of fused-ring (bicyclic) bond motifs is 2. The number of esters is 1. The van der Waals surface area contributed by atoms with E-state index < -0.39 is 17.9 Å².